The Morgan fingerprint density at radius 2 is 1.36 bits per heavy atom. The zero-order valence-corrected chi connectivity index (χ0v) is 18.8. The van der Waals surface area contributed by atoms with Gasteiger partial charge in [-0.3, -0.25) is 9.78 Å². The molecule has 5 heteroatoms. The fourth-order valence-corrected chi connectivity index (χ4v) is 3.65. The molecule has 1 heterocycles. The van der Waals surface area contributed by atoms with Crippen molar-refractivity contribution in [2.24, 2.45) is 0 Å². The van der Waals surface area contributed by atoms with Gasteiger partial charge < -0.3 is 9.47 Å². The number of hydrogen-bond acceptors (Lipinski definition) is 5. The number of rotatable bonds is 9. The molecule has 0 fully saturated rings. The average Bonchev–Trinajstić information content (AvgIpc) is 2.86. The monoisotopic (exact) mass is 438 g/mol. The fourth-order valence-electron chi connectivity index (χ4n) is 3.65. The molecule has 166 valence electrons. The molecule has 0 radical (unpaired) electrons. The molecule has 0 atom stereocenters. The lowest BCUT2D eigenvalue weighted by atomic mass is 10.0. The van der Waals surface area contributed by atoms with Crippen molar-refractivity contribution in [3.8, 4) is 22.8 Å². The topological polar surface area (TPSA) is 61.3 Å². The van der Waals surface area contributed by atoms with E-state index in [1.165, 1.54) is 0 Å². The SMILES string of the molecule is COc1ccc(CC(=O)Cc2ncc(-c3ccc(OC)cc3)nc2Cc2ccccc2)cc1. The zero-order chi connectivity index (χ0) is 23.0. The summed E-state index contributed by atoms with van der Waals surface area (Å²) in [5.74, 6) is 1.66. The van der Waals surface area contributed by atoms with E-state index < -0.39 is 0 Å². The molecule has 3 aromatic carbocycles. The molecule has 33 heavy (non-hydrogen) atoms. The van der Waals surface area contributed by atoms with E-state index in [4.69, 9.17) is 14.5 Å². The van der Waals surface area contributed by atoms with Crippen LogP contribution >= 0.6 is 0 Å². The first-order chi connectivity index (χ1) is 16.1. The predicted octanol–water partition coefficient (Wildman–Crippen LogP) is 5.11. The summed E-state index contributed by atoms with van der Waals surface area (Å²) in [6, 6.07) is 25.4. The van der Waals surface area contributed by atoms with E-state index in [-0.39, 0.29) is 12.2 Å². The van der Waals surface area contributed by atoms with E-state index in [0.717, 1.165) is 45.3 Å². The maximum Gasteiger partial charge on any atom is 0.143 e. The van der Waals surface area contributed by atoms with Crippen molar-refractivity contribution in [2.75, 3.05) is 14.2 Å². The molecule has 4 rings (SSSR count). The van der Waals surface area contributed by atoms with Gasteiger partial charge in [-0.2, -0.15) is 0 Å². The minimum Gasteiger partial charge on any atom is -0.497 e. The number of nitrogens with zero attached hydrogens (tertiary/aromatic N) is 2. The number of aromatic nitrogens is 2. The fraction of sp³-hybridized carbons (Fsp3) is 0.179. The van der Waals surface area contributed by atoms with Gasteiger partial charge in [0, 0.05) is 18.4 Å². The molecule has 4 aromatic rings. The van der Waals surface area contributed by atoms with Gasteiger partial charge in [0.1, 0.15) is 17.3 Å². The Balaban J connectivity index is 1.58. The number of carbonyl (C=O) groups is 1. The minimum absolute atomic E-state index is 0.0981. The first-order valence-corrected chi connectivity index (χ1v) is 10.8. The van der Waals surface area contributed by atoms with Crippen molar-refractivity contribution in [1.82, 2.24) is 9.97 Å². The first-order valence-electron chi connectivity index (χ1n) is 10.8. The van der Waals surface area contributed by atoms with E-state index in [9.17, 15) is 4.79 Å². The van der Waals surface area contributed by atoms with Gasteiger partial charge in [0.2, 0.25) is 0 Å². The molecule has 0 unspecified atom stereocenters. The van der Waals surface area contributed by atoms with Crippen LogP contribution in [-0.2, 0) is 24.1 Å². The zero-order valence-electron chi connectivity index (χ0n) is 18.8. The van der Waals surface area contributed by atoms with Crippen LogP contribution in [-0.4, -0.2) is 30.0 Å². The Labute approximate surface area is 194 Å². The Morgan fingerprint density at radius 3 is 2.00 bits per heavy atom. The van der Waals surface area contributed by atoms with Gasteiger partial charge in [-0.25, -0.2) is 4.98 Å². The van der Waals surface area contributed by atoms with Crippen molar-refractivity contribution in [2.45, 2.75) is 19.3 Å². The quantitative estimate of drug-likeness (QED) is 0.364. The third-order valence-corrected chi connectivity index (χ3v) is 5.46. The van der Waals surface area contributed by atoms with Crippen LogP contribution < -0.4 is 9.47 Å². The lowest BCUT2D eigenvalue weighted by Gasteiger charge is -2.11. The molecular formula is C28H26N2O3. The molecule has 0 aliphatic rings. The highest BCUT2D eigenvalue weighted by Gasteiger charge is 2.14. The van der Waals surface area contributed by atoms with E-state index in [0.29, 0.717) is 12.8 Å². The van der Waals surface area contributed by atoms with Gasteiger partial charge in [0.05, 0.1) is 43.9 Å². The minimum atomic E-state index is 0.0981. The van der Waals surface area contributed by atoms with E-state index in [1.807, 2.05) is 66.7 Å². The largest absolute Gasteiger partial charge is 0.497 e. The molecule has 1 aromatic heterocycles. The van der Waals surface area contributed by atoms with Gasteiger partial charge in [-0.15, -0.1) is 0 Å². The van der Waals surface area contributed by atoms with Crippen LogP contribution in [0.3, 0.4) is 0 Å². The molecule has 0 saturated carbocycles. The third kappa shape index (κ3) is 5.83. The second kappa shape index (κ2) is 10.6. The van der Waals surface area contributed by atoms with Gasteiger partial charge in [-0.05, 0) is 47.5 Å². The van der Waals surface area contributed by atoms with Crippen LogP contribution in [0.1, 0.15) is 22.5 Å². The second-order valence-electron chi connectivity index (χ2n) is 7.78. The summed E-state index contributed by atoms with van der Waals surface area (Å²) in [5.41, 5.74) is 5.34. The Morgan fingerprint density at radius 1 is 0.727 bits per heavy atom. The van der Waals surface area contributed by atoms with Gasteiger partial charge >= 0.3 is 0 Å². The first kappa shape index (κ1) is 22.2. The van der Waals surface area contributed by atoms with Gasteiger partial charge in [0.25, 0.3) is 0 Å². The summed E-state index contributed by atoms with van der Waals surface area (Å²) in [6.07, 6.45) is 2.94. The van der Waals surface area contributed by atoms with Crippen molar-refractivity contribution in [3.05, 3.63) is 108 Å². The summed E-state index contributed by atoms with van der Waals surface area (Å²) in [4.78, 5) is 22.4. The standard InChI is InChI=1S/C28H26N2O3/c1-32-24-12-8-21(9-13-24)16-23(31)18-26-27(17-20-6-4-3-5-7-20)30-28(19-29-26)22-10-14-25(33-2)15-11-22/h3-15,19H,16-18H2,1-2H3. The molecule has 0 aliphatic carbocycles. The van der Waals surface area contributed by atoms with Gasteiger partial charge in [-0.1, -0.05) is 42.5 Å². The van der Waals surface area contributed by atoms with Crippen LogP contribution in [0.4, 0.5) is 0 Å². The molecule has 0 aliphatic heterocycles. The summed E-state index contributed by atoms with van der Waals surface area (Å²) < 4.78 is 10.4. The molecule has 0 amide bonds. The van der Waals surface area contributed by atoms with E-state index in [1.54, 1.807) is 20.4 Å². The number of hydrogen-bond donors (Lipinski definition) is 0. The van der Waals surface area contributed by atoms with E-state index >= 15 is 0 Å². The van der Waals surface area contributed by atoms with Crippen molar-refractivity contribution in [3.63, 3.8) is 0 Å². The number of benzene rings is 3. The highest BCUT2D eigenvalue weighted by atomic mass is 16.5. The normalized spacial score (nSPS) is 10.6. The van der Waals surface area contributed by atoms with Crippen LogP contribution in [0.15, 0.2) is 85.1 Å². The van der Waals surface area contributed by atoms with Crippen molar-refractivity contribution >= 4 is 5.78 Å². The number of ether oxygens (including phenoxy) is 2. The molecule has 0 bridgehead atoms. The Hall–Kier alpha value is -3.99. The number of methoxy groups -OCH3 is 2. The van der Waals surface area contributed by atoms with Gasteiger partial charge in [0.15, 0.2) is 0 Å². The van der Waals surface area contributed by atoms with Crippen LogP contribution in [0, 0.1) is 0 Å². The second-order valence-corrected chi connectivity index (χ2v) is 7.78. The predicted molar refractivity (Wildman–Crippen MR) is 129 cm³/mol. The Bertz CT molecular complexity index is 1200. The molecule has 0 saturated heterocycles. The maximum atomic E-state index is 12.9. The summed E-state index contributed by atoms with van der Waals surface area (Å²) >= 11 is 0. The summed E-state index contributed by atoms with van der Waals surface area (Å²) in [5, 5.41) is 0. The molecule has 5 nitrogen and oxygen atoms in total. The maximum absolute atomic E-state index is 12.9. The third-order valence-electron chi connectivity index (χ3n) is 5.46. The summed E-state index contributed by atoms with van der Waals surface area (Å²) in [7, 11) is 3.27. The molecule has 0 spiro atoms. The van der Waals surface area contributed by atoms with Crippen molar-refractivity contribution < 1.29 is 14.3 Å². The number of carbonyl (C=O) groups excluding carboxylic acids is 1. The van der Waals surface area contributed by atoms with Crippen molar-refractivity contribution in [1.29, 1.82) is 0 Å². The highest BCUT2D eigenvalue weighted by Crippen LogP contribution is 2.23. The number of ketones is 1. The lowest BCUT2D eigenvalue weighted by molar-refractivity contribution is -0.117. The molecule has 0 N–H and O–H groups in total. The van der Waals surface area contributed by atoms with Crippen LogP contribution in [0.2, 0.25) is 0 Å². The molecular weight excluding hydrogens is 412 g/mol. The van der Waals surface area contributed by atoms with E-state index in [2.05, 4.69) is 17.1 Å². The highest BCUT2D eigenvalue weighted by molar-refractivity contribution is 5.83. The van der Waals surface area contributed by atoms with Crippen LogP contribution in [0.25, 0.3) is 11.3 Å². The number of Topliss-reactive ketones (excluding diaryl/α,β-unsaturated/α-hetero) is 1. The Kier molecular flexibility index (Phi) is 7.10. The average molecular weight is 439 g/mol. The lowest BCUT2D eigenvalue weighted by Crippen LogP contribution is -2.12. The summed E-state index contributed by atoms with van der Waals surface area (Å²) in [6.45, 7) is 0. The van der Waals surface area contributed by atoms with Crippen LogP contribution in [0.5, 0.6) is 11.5 Å². The smallest absolute Gasteiger partial charge is 0.143 e.